The molecule has 0 aliphatic rings. The Morgan fingerprint density at radius 1 is 1.07 bits per heavy atom. The molecule has 144 valence electrons. The van der Waals surface area contributed by atoms with E-state index in [2.05, 4.69) is 38.1 Å². The standard InChI is InChI=1S/C21H25NO5/c1-14(15-5-7-16(8-6-15)21(2,3)4)22-27-12-11-26-17-9-10-18(20(24)25)19(23)13-17/h5-10,13,23H,11-12H2,1-4H3,(H,24,25). The zero-order valence-corrected chi connectivity index (χ0v) is 16.0. The minimum Gasteiger partial charge on any atom is -0.507 e. The number of carboxylic acids is 1. The molecule has 0 aliphatic carbocycles. The van der Waals surface area contributed by atoms with Crippen LogP contribution in [-0.4, -0.2) is 35.1 Å². The Morgan fingerprint density at radius 3 is 2.30 bits per heavy atom. The van der Waals surface area contributed by atoms with Gasteiger partial charge in [-0.05, 0) is 35.6 Å². The van der Waals surface area contributed by atoms with Crippen molar-refractivity contribution in [2.24, 2.45) is 5.16 Å². The second kappa shape index (κ2) is 8.58. The summed E-state index contributed by atoms with van der Waals surface area (Å²) >= 11 is 0. The largest absolute Gasteiger partial charge is 0.507 e. The van der Waals surface area contributed by atoms with Gasteiger partial charge in [0, 0.05) is 6.07 Å². The maximum absolute atomic E-state index is 10.8. The molecule has 6 heteroatoms. The number of benzene rings is 2. The Kier molecular flexibility index (Phi) is 6.45. The van der Waals surface area contributed by atoms with E-state index in [-0.39, 0.29) is 29.9 Å². The van der Waals surface area contributed by atoms with Gasteiger partial charge >= 0.3 is 5.97 Å². The second-order valence-corrected chi connectivity index (χ2v) is 7.17. The Balaban J connectivity index is 1.83. The number of hydrogen-bond donors (Lipinski definition) is 2. The van der Waals surface area contributed by atoms with Gasteiger partial charge in [-0.1, -0.05) is 50.2 Å². The number of nitrogens with zero attached hydrogens (tertiary/aromatic N) is 1. The maximum atomic E-state index is 10.8. The molecule has 0 saturated carbocycles. The van der Waals surface area contributed by atoms with Crippen LogP contribution in [0.5, 0.6) is 11.5 Å². The van der Waals surface area contributed by atoms with Crippen LogP contribution in [0.25, 0.3) is 0 Å². The molecule has 0 fully saturated rings. The lowest BCUT2D eigenvalue weighted by atomic mass is 9.86. The van der Waals surface area contributed by atoms with Crippen molar-refractivity contribution >= 4 is 11.7 Å². The Bertz CT molecular complexity index is 819. The summed E-state index contributed by atoms with van der Waals surface area (Å²) < 4.78 is 5.42. The number of carbonyl (C=O) groups is 1. The summed E-state index contributed by atoms with van der Waals surface area (Å²) in [5.74, 6) is -1.17. The second-order valence-electron chi connectivity index (χ2n) is 7.17. The average molecular weight is 371 g/mol. The van der Waals surface area contributed by atoms with Gasteiger partial charge in [-0.15, -0.1) is 0 Å². The van der Waals surface area contributed by atoms with E-state index in [0.717, 1.165) is 11.3 Å². The van der Waals surface area contributed by atoms with E-state index < -0.39 is 5.97 Å². The maximum Gasteiger partial charge on any atom is 0.339 e. The molecule has 0 amide bonds. The number of aromatic carboxylic acids is 1. The summed E-state index contributed by atoms with van der Waals surface area (Å²) in [5.41, 5.74) is 2.94. The first-order valence-corrected chi connectivity index (χ1v) is 8.65. The highest BCUT2D eigenvalue weighted by atomic mass is 16.6. The van der Waals surface area contributed by atoms with Gasteiger partial charge in [0.25, 0.3) is 0 Å². The molecule has 27 heavy (non-hydrogen) atoms. The molecule has 2 aromatic carbocycles. The van der Waals surface area contributed by atoms with E-state index >= 15 is 0 Å². The van der Waals surface area contributed by atoms with Crippen molar-refractivity contribution in [3.63, 3.8) is 0 Å². The first-order chi connectivity index (χ1) is 12.7. The van der Waals surface area contributed by atoms with Crippen LogP contribution in [-0.2, 0) is 10.3 Å². The van der Waals surface area contributed by atoms with E-state index in [0.29, 0.717) is 5.75 Å². The van der Waals surface area contributed by atoms with Crippen molar-refractivity contribution in [1.82, 2.24) is 0 Å². The molecule has 0 saturated heterocycles. The molecular weight excluding hydrogens is 346 g/mol. The SMILES string of the molecule is CC(=NOCCOc1ccc(C(=O)O)c(O)c1)c1ccc(C(C)(C)C)cc1. The molecule has 0 atom stereocenters. The number of hydrogen-bond acceptors (Lipinski definition) is 5. The number of aromatic hydroxyl groups is 1. The zero-order chi connectivity index (χ0) is 20.0. The van der Waals surface area contributed by atoms with Crippen LogP contribution in [0, 0.1) is 0 Å². The molecule has 2 N–H and O–H groups in total. The third kappa shape index (κ3) is 5.74. The van der Waals surface area contributed by atoms with E-state index in [1.54, 1.807) is 0 Å². The van der Waals surface area contributed by atoms with Crippen LogP contribution in [0.1, 0.15) is 49.2 Å². The van der Waals surface area contributed by atoms with Crippen LogP contribution in [0.15, 0.2) is 47.6 Å². The lowest BCUT2D eigenvalue weighted by Gasteiger charge is -2.19. The molecule has 0 bridgehead atoms. The third-order valence-corrected chi connectivity index (χ3v) is 4.01. The van der Waals surface area contributed by atoms with Gasteiger partial charge in [0.1, 0.15) is 23.7 Å². The molecular formula is C21H25NO5. The van der Waals surface area contributed by atoms with Crippen LogP contribution in [0.4, 0.5) is 0 Å². The van der Waals surface area contributed by atoms with Crippen molar-refractivity contribution < 1.29 is 24.6 Å². The molecule has 0 unspecified atom stereocenters. The summed E-state index contributed by atoms with van der Waals surface area (Å²) in [6, 6.07) is 12.2. The van der Waals surface area contributed by atoms with Crippen molar-refractivity contribution in [2.45, 2.75) is 33.1 Å². The smallest absolute Gasteiger partial charge is 0.339 e. The van der Waals surface area contributed by atoms with Crippen LogP contribution in [0.2, 0.25) is 0 Å². The molecule has 0 spiro atoms. The fourth-order valence-electron chi connectivity index (χ4n) is 2.39. The summed E-state index contributed by atoms with van der Waals surface area (Å²) in [7, 11) is 0. The van der Waals surface area contributed by atoms with Crippen LogP contribution < -0.4 is 4.74 Å². The number of carboxylic acid groups (broad SMARTS) is 1. The monoisotopic (exact) mass is 371 g/mol. The predicted octanol–water partition coefficient (Wildman–Crippen LogP) is 4.21. The molecule has 2 aromatic rings. The van der Waals surface area contributed by atoms with Crippen LogP contribution in [0.3, 0.4) is 0 Å². The minimum atomic E-state index is -1.19. The summed E-state index contributed by atoms with van der Waals surface area (Å²) in [6.45, 7) is 8.81. The normalized spacial score (nSPS) is 11.9. The fourth-order valence-corrected chi connectivity index (χ4v) is 2.39. The molecule has 0 heterocycles. The van der Waals surface area contributed by atoms with Crippen molar-refractivity contribution in [3.05, 3.63) is 59.2 Å². The van der Waals surface area contributed by atoms with Gasteiger partial charge in [-0.2, -0.15) is 0 Å². The molecule has 6 nitrogen and oxygen atoms in total. The Morgan fingerprint density at radius 2 is 1.74 bits per heavy atom. The Hall–Kier alpha value is -3.02. The average Bonchev–Trinajstić information content (AvgIpc) is 2.60. The van der Waals surface area contributed by atoms with E-state index in [1.165, 1.54) is 23.8 Å². The predicted molar refractivity (Wildman–Crippen MR) is 104 cm³/mol. The minimum absolute atomic E-state index is 0.106. The van der Waals surface area contributed by atoms with E-state index in [1.807, 2.05) is 19.1 Å². The summed E-state index contributed by atoms with van der Waals surface area (Å²) in [6.07, 6.45) is 0. The Labute approximate surface area is 159 Å². The number of oxime groups is 1. The number of phenols is 1. The van der Waals surface area contributed by atoms with E-state index in [4.69, 9.17) is 14.7 Å². The summed E-state index contributed by atoms with van der Waals surface area (Å²) in [5, 5.41) is 22.6. The first-order valence-electron chi connectivity index (χ1n) is 8.65. The lowest BCUT2D eigenvalue weighted by molar-refractivity contribution is 0.0693. The topological polar surface area (TPSA) is 88.4 Å². The van der Waals surface area contributed by atoms with Gasteiger partial charge < -0.3 is 19.8 Å². The van der Waals surface area contributed by atoms with Gasteiger partial charge in [0.2, 0.25) is 0 Å². The lowest BCUT2D eigenvalue weighted by Crippen LogP contribution is -2.11. The van der Waals surface area contributed by atoms with Gasteiger partial charge in [0.05, 0.1) is 5.71 Å². The molecule has 0 radical (unpaired) electrons. The van der Waals surface area contributed by atoms with Crippen molar-refractivity contribution in [2.75, 3.05) is 13.2 Å². The highest BCUT2D eigenvalue weighted by Gasteiger charge is 2.13. The summed E-state index contributed by atoms with van der Waals surface area (Å²) in [4.78, 5) is 16.1. The highest BCUT2D eigenvalue weighted by Crippen LogP contribution is 2.24. The zero-order valence-electron chi connectivity index (χ0n) is 16.0. The first kappa shape index (κ1) is 20.3. The number of rotatable bonds is 7. The van der Waals surface area contributed by atoms with Gasteiger partial charge in [0.15, 0.2) is 6.61 Å². The quantitative estimate of drug-likeness (QED) is 0.432. The van der Waals surface area contributed by atoms with Gasteiger partial charge in [-0.3, -0.25) is 0 Å². The third-order valence-electron chi connectivity index (χ3n) is 4.01. The van der Waals surface area contributed by atoms with Gasteiger partial charge in [-0.25, -0.2) is 4.79 Å². The molecule has 0 aliphatic heterocycles. The number of ether oxygens (including phenoxy) is 1. The van der Waals surface area contributed by atoms with Crippen LogP contribution >= 0.6 is 0 Å². The van der Waals surface area contributed by atoms with Crippen molar-refractivity contribution in [3.8, 4) is 11.5 Å². The van der Waals surface area contributed by atoms with E-state index in [9.17, 15) is 9.90 Å². The molecule has 0 aromatic heterocycles. The molecule has 2 rings (SSSR count). The van der Waals surface area contributed by atoms with Crippen molar-refractivity contribution in [1.29, 1.82) is 0 Å². The fraction of sp³-hybridized carbons (Fsp3) is 0.333. The highest BCUT2D eigenvalue weighted by molar-refractivity contribution is 5.98.